The summed E-state index contributed by atoms with van der Waals surface area (Å²) in [6.07, 6.45) is 18.6. The first-order chi connectivity index (χ1) is 12.8. The predicted molar refractivity (Wildman–Crippen MR) is 121 cm³/mol. The van der Waals surface area contributed by atoms with Crippen molar-refractivity contribution in [1.29, 1.82) is 0 Å². The summed E-state index contributed by atoms with van der Waals surface area (Å²) in [6, 6.07) is 0. The summed E-state index contributed by atoms with van der Waals surface area (Å²) < 4.78 is 17.8. The van der Waals surface area contributed by atoms with E-state index < -0.39 is 6.80 Å². The van der Waals surface area contributed by atoms with Gasteiger partial charge in [-0.2, -0.15) is 0 Å². The van der Waals surface area contributed by atoms with Crippen LogP contribution in [0.15, 0.2) is 0 Å². The van der Waals surface area contributed by atoms with Crippen LogP contribution in [0.25, 0.3) is 0 Å². The van der Waals surface area contributed by atoms with Crippen molar-refractivity contribution in [3.63, 3.8) is 0 Å². The van der Waals surface area contributed by atoms with Gasteiger partial charge in [-0.3, -0.25) is 4.52 Å². The molecule has 6 heteroatoms. The van der Waals surface area contributed by atoms with E-state index in [1.807, 2.05) is 21.1 Å². The van der Waals surface area contributed by atoms with Crippen LogP contribution in [0.2, 0.25) is 0 Å². The Bertz CT molecular complexity index is 375. The van der Waals surface area contributed by atoms with E-state index in [9.17, 15) is 9.46 Å². The Hall–Kier alpha value is 0.460. The average molecular weight is 425 g/mol. The summed E-state index contributed by atoms with van der Waals surface area (Å²) in [6.45, 7) is -0.111. The molecule has 0 aromatic carbocycles. The molecule has 1 N–H and O–H groups in total. The maximum Gasteiger partial charge on any atom is 0.386 e. The molecule has 0 saturated carbocycles. The monoisotopic (exact) mass is 424 g/mol. The highest BCUT2D eigenvalue weighted by atomic mass is 32.7. The molecular weight excluding hydrogens is 377 g/mol. The molecule has 164 valence electrons. The lowest BCUT2D eigenvalue weighted by Crippen LogP contribution is -2.37. The van der Waals surface area contributed by atoms with Crippen molar-refractivity contribution in [1.82, 2.24) is 0 Å². The first-order valence-electron chi connectivity index (χ1n) is 11.2. The molecule has 27 heavy (non-hydrogen) atoms. The molecule has 0 aliphatic rings. The van der Waals surface area contributed by atoms with Crippen LogP contribution >= 0.6 is 18.2 Å². The molecule has 1 unspecified atom stereocenters. The molecule has 0 aliphatic carbocycles. The Balaban J connectivity index is 3.31. The quantitative estimate of drug-likeness (QED) is 0.129. The van der Waals surface area contributed by atoms with Crippen LogP contribution < -0.4 is 0 Å². The third-order valence-corrected chi connectivity index (χ3v) is 7.92. The number of hydrogen-bond acceptors (Lipinski definition) is 3. The highest BCUT2D eigenvalue weighted by Gasteiger charge is 2.21. The van der Waals surface area contributed by atoms with Crippen LogP contribution in [-0.2, 0) is 9.09 Å². The standard InChI is InChI=1S/C21H46NO3PS/c1-5-6-7-8-9-10-11-12-13-14-15-16-17-18-21-27-26(23,24)25-20-19-22(2,3)4/h5-21H2,1-4H3/p+1. The third kappa shape index (κ3) is 22.6. The first-order valence-corrected chi connectivity index (χ1v) is 14.4. The second kappa shape index (κ2) is 17.3. The van der Waals surface area contributed by atoms with Gasteiger partial charge in [0.15, 0.2) is 0 Å². The highest BCUT2D eigenvalue weighted by Crippen LogP contribution is 2.55. The zero-order chi connectivity index (χ0) is 20.4. The van der Waals surface area contributed by atoms with E-state index in [0.29, 0.717) is 6.61 Å². The molecule has 0 saturated heterocycles. The molecule has 0 fully saturated rings. The normalized spacial score (nSPS) is 14.4. The van der Waals surface area contributed by atoms with Crippen molar-refractivity contribution < 1.29 is 18.5 Å². The second-order valence-corrected chi connectivity index (χ2v) is 12.8. The Labute approximate surface area is 173 Å². The molecular formula is C21H47NO3PS+. The van der Waals surface area contributed by atoms with Gasteiger partial charge in [-0.1, -0.05) is 90.4 Å². The molecule has 0 rings (SSSR count). The Kier molecular flexibility index (Phi) is 17.6. The molecule has 4 nitrogen and oxygen atoms in total. The summed E-state index contributed by atoms with van der Waals surface area (Å²) in [4.78, 5) is 9.80. The van der Waals surface area contributed by atoms with Crippen LogP contribution in [0.5, 0.6) is 0 Å². The minimum atomic E-state index is -3.46. The summed E-state index contributed by atoms with van der Waals surface area (Å²) in [5.74, 6) is 0.718. The van der Waals surface area contributed by atoms with Crippen LogP contribution in [0, 0.1) is 0 Å². The third-order valence-electron chi connectivity index (χ3n) is 4.77. The summed E-state index contributed by atoms with van der Waals surface area (Å²) in [5.41, 5.74) is 0. The van der Waals surface area contributed by atoms with Gasteiger partial charge in [-0.25, -0.2) is 4.57 Å². The van der Waals surface area contributed by atoms with Crippen LogP contribution in [0.3, 0.4) is 0 Å². The van der Waals surface area contributed by atoms with E-state index in [2.05, 4.69) is 6.92 Å². The second-order valence-electron chi connectivity index (χ2n) is 8.75. The van der Waals surface area contributed by atoms with Crippen LogP contribution in [-0.4, -0.2) is 49.4 Å². The Morgan fingerprint density at radius 1 is 0.778 bits per heavy atom. The topological polar surface area (TPSA) is 46.5 Å². The van der Waals surface area contributed by atoms with E-state index in [4.69, 9.17) is 4.52 Å². The van der Waals surface area contributed by atoms with Crippen molar-refractivity contribution in [2.45, 2.75) is 96.8 Å². The molecule has 0 aromatic heterocycles. The molecule has 0 amide bonds. The van der Waals surface area contributed by atoms with Crippen molar-refractivity contribution in [3.05, 3.63) is 0 Å². The molecule has 0 radical (unpaired) electrons. The molecule has 0 aliphatic heterocycles. The van der Waals surface area contributed by atoms with Gasteiger partial charge in [0.1, 0.15) is 13.2 Å². The maximum absolute atomic E-state index is 11.9. The fourth-order valence-corrected chi connectivity index (χ4v) is 5.42. The van der Waals surface area contributed by atoms with E-state index in [1.165, 1.54) is 77.0 Å². The number of rotatable bonds is 20. The van der Waals surface area contributed by atoms with Crippen LogP contribution in [0.1, 0.15) is 96.8 Å². The summed E-state index contributed by atoms with van der Waals surface area (Å²) >= 11 is 1.10. The lowest BCUT2D eigenvalue weighted by atomic mass is 10.0. The number of nitrogens with zero attached hydrogens (tertiary/aromatic N) is 1. The van der Waals surface area contributed by atoms with Gasteiger partial charge in [0, 0.05) is 5.75 Å². The lowest BCUT2D eigenvalue weighted by molar-refractivity contribution is -0.870. The molecule has 1 atom stereocenters. The minimum absolute atomic E-state index is 0.336. The first kappa shape index (κ1) is 27.5. The van der Waals surface area contributed by atoms with Gasteiger partial charge in [0.05, 0.1) is 21.1 Å². The van der Waals surface area contributed by atoms with Crippen molar-refractivity contribution in [3.8, 4) is 0 Å². The van der Waals surface area contributed by atoms with Crippen molar-refractivity contribution in [2.24, 2.45) is 0 Å². The molecule has 0 heterocycles. The largest absolute Gasteiger partial charge is 0.386 e. The van der Waals surface area contributed by atoms with Gasteiger partial charge in [0.2, 0.25) is 0 Å². The predicted octanol–water partition coefficient (Wildman–Crippen LogP) is 7.02. The number of likely N-dealkylation sites (N-methyl/N-ethyl adjacent to an activating group) is 1. The van der Waals surface area contributed by atoms with Gasteiger partial charge >= 0.3 is 6.80 Å². The van der Waals surface area contributed by atoms with Gasteiger partial charge in [0.25, 0.3) is 0 Å². The fraction of sp³-hybridized carbons (Fsp3) is 1.00. The summed E-state index contributed by atoms with van der Waals surface area (Å²) in [5, 5.41) is 0. The average Bonchev–Trinajstić information content (AvgIpc) is 2.57. The maximum atomic E-state index is 11.9. The van der Waals surface area contributed by atoms with Crippen molar-refractivity contribution >= 4 is 18.2 Å². The highest BCUT2D eigenvalue weighted by molar-refractivity contribution is 8.54. The smallest absolute Gasteiger partial charge is 0.329 e. The minimum Gasteiger partial charge on any atom is -0.329 e. The number of unbranched alkanes of at least 4 members (excludes halogenated alkanes) is 13. The van der Waals surface area contributed by atoms with E-state index in [1.54, 1.807) is 0 Å². The van der Waals surface area contributed by atoms with Gasteiger partial charge in [-0.05, 0) is 17.8 Å². The Morgan fingerprint density at radius 3 is 1.59 bits per heavy atom. The molecule has 0 aromatic rings. The van der Waals surface area contributed by atoms with Gasteiger partial charge < -0.3 is 9.38 Å². The van der Waals surface area contributed by atoms with E-state index >= 15 is 0 Å². The summed E-state index contributed by atoms with van der Waals surface area (Å²) in [7, 11) is 6.15. The Morgan fingerprint density at radius 2 is 1.19 bits per heavy atom. The van der Waals surface area contributed by atoms with E-state index in [0.717, 1.165) is 41.0 Å². The zero-order valence-electron chi connectivity index (χ0n) is 18.6. The van der Waals surface area contributed by atoms with Crippen LogP contribution in [0.4, 0.5) is 0 Å². The van der Waals surface area contributed by atoms with Gasteiger partial charge in [-0.15, -0.1) is 0 Å². The zero-order valence-corrected chi connectivity index (χ0v) is 20.3. The van der Waals surface area contributed by atoms with Crippen molar-refractivity contribution in [2.75, 3.05) is 40.0 Å². The van der Waals surface area contributed by atoms with E-state index in [-0.39, 0.29) is 0 Å². The molecule has 0 bridgehead atoms. The number of quaternary nitrogens is 1. The SMILES string of the molecule is CCCCCCCCCCCCCCCCSP(=O)(O)OCC[N+](C)(C)C. The lowest BCUT2D eigenvalue weighted by Gasteiger charge is -2.24. The number of hydrogen-bond donors (Lipinski definition) is 1. The fourth-order valence-electron chi connectivity index (χ4n) is 2.94. The molecule has 0 spiro atoms.